The van der Waals surface area contributed by atoms with E-state index in [1.165, 1.54) is 48.5 Å². The summed E-state index contributed by atoms with van der Waals surface area (Å²) in [6, 6.07) is 10.9. The molecule has 0 fully saturated rings. The fraction of sp³-hybridized carbons (Fsp3) is 0.100. The molecule has 28 heavy (non-hydrogen) atoms. The lowest BCUT2D eigenvalue weighted by Crippen LogP contribution is -2.14. The zero-order valence-corrected chi connectivity index (χ0v) is 14.5. The average molecular weight is 388 g/mol. The SMILES string of the molecule is C=CCOC(=O)Nc1ccc2cc(-c3ccccc3C(F)(F)F)[nH]c(=O)c2c1. The van der Waals surface area contributed by atoms with Gasteiger partial charge < -0.3 is 9.72 Å². The van der Waals surface area contributed by atoms with Crippen molar-refractivity contribution in [1.82, 2.24) is 4.98 Å². The third-order valence-corrected chi connectivity index (χ3v) is 3.95. The minimum absolute atomic E-state index is 0.0297. The molecule has 3 rings (SSSR count). The van der Waals surface area contributed by atoms with Crippen molar-refractivity contribution < 1.29 is 22.7 Å². The molecule has 0 aliphatic carbocycles. The highest BCUT2D eigenvalue weighted by molar-refractivity contribution is 5.92. The Balaban J connectivity index is 2.02. The van der Waals surface area contributed by atoms with Gasteiger partial charge in [0, 0.05) is 22.3 Å². The van der Waals surface area contributed by atoms with Crippen molar-refractivity contribution in [2.24, 2.45) is 0 Å². The number of aromatic nitrogens is 1. The topological polar surface area (TPSA) is 71.2 Å². The Morgan fingerprint density at radius 3 is 2.64 bits per heavy atom. The molecule has 8 heteroatoms. The quantitative estimate of drug-likeness (QED) is 0.622. The van der Waals surface area contributed by atoms with E-state index in [1.807, 2.05) is 0 Å². The minimum atomic E-state index is -4.55. The van der Waals surface area contributed by atoms with E-state index in [-0.39, 0.29) is 23.3 Å². The van der Waals surface area contributed by atoms with Crippen LogP contribution >= 0.6 is 0 Å². The summed E-state index contributed by atoms with van der Waals surface area (Å²) in [4.78, 5) is 26.5. The van der Waals surface area contributed by atoms with Gasteiger partial charge in [0.05, 0.1) is 5.56 Å². The number of H-pyrrole nitrogens is 1. The van der Waals surface area contributed by atoms with Gasteiger partial charge in [0.15, 0.2) is 0 Å². The highest BCUT2D eigenvalue weighted by atomic mass is 19.4. The zero-order chi connectivity index (χ0) is 20.3. The lowest BCUT2D eigenvalue weighted by atomic mass is 10.0. The largest absolute Gasteiger partial charge is 0.445 e. The zero-order valence-electron chi connectivity index (χ0n) is 14.5. The van der Waals surface area contributed by atoms with Crippen LogP contribution in [0.25, 0.3) is 22.0 Å². The fourth-order valence-electron chi connectivity index (χ4n) is 2.74. The number of ether oxygens (including phenoxy) is 1. The van der Waals surface area contributed by atoms with Gasteiger partial charge >= 0.3 is 12.3 Å². The lowest BCUT2D eigenvalue weighted by molar-refractivity contribution is -0.137. The molecular formula is C20H15F3N2O3. The number of nitrogens with one attached hydrogen (secondary N) is 2. The van der Waals surface area contributed by atoms with Crippen LogP contribution in [0.5, 0.6) is 0 Å². The Hall–Kier alpha value is -3.55. The van der Waals surface area contributed by atoms with E-state index in [4.69, 9.17) is 4.74 Å². The summed E-state index contributed by atoms with van der Waals surface area (Å²) in [5.74, 6) is 0. The Morgan fingerprint density at radius 1 is 1.18 bits per heavy atom. The highest BCUT2D eigenvalue weighted by Gasteiger charge is 2.33. The van der Waals surface area contributed by atoms with Gasteiger partial charge in [-0.25, -0.2) is 4.79 Å². The van der Waals surface area contributed by atoms with Crippen LogP contribution in [-0.4, -0.2) is 17.7 Å². The lowest BCUT2D eigenvalue weighted by Gasteiger charge is -2.13. The van der Waals surface area contributed by atoms with Gasteiger partial charge in [0.1, 0.15) is 6.61 Å². The van der Waals surface area contributed by atoms with E-state index in [2.05, 4.69) is 16.9 Å². The van der Waals surface area contributed by atoms with Gasteiger partial charge in [-0.05, 0) is 29.7 Å². The van der Waals surface area contributed by atoms with E-state index < -0.39 is 23.4 Å². The van der Waals surface area contributed by atoms with Gasteiger partial charge in [-0.2, -0.15) is 13.2 Å². The molecule has 144 valence electrons. The summed E-state index contributed by atoms with van der Waals surface area (Å²) < 4.78 is 44.6. The first-order chi connectivity index (χ1) is 13.3. The number of aromatic amines is 1. The monoisotopic (exact) mass is 388 g/mol. The van der Waals surface area contributed by atoms with Crippen molar-refractivity contribution in [3.63, 3.8) is 0 Å². The Morgan fingerprint density at radius 2 is 1.93 bits per heavy atom. The maximum absolute atomic E-state index is 13.3. The van der Waals surface area contributed by atoms with Gasteiger partial charge in [-0.1, -0.05) is 36.9 Å². The molecule has 0 saturated heterocycles. The Labute approximate surface area is 157 Å². The van der Waals surface area contributed by atoms with Crippen molar-refractivity contribution in [1.29, 1.82) is 0 Å². The van der Waals surface area contributed by atoms with Gasteiger partial charge in [0.2, 0.25) is 0 Å². The van der Waals surface area contributed by atoms with Crippen LogP contribution in [0.4, 0.5) is 23.7 Å². The number of hydrogen-bond donors (Lipinski definition) is 2. The van der Waals surface area contributed by atoms with Crippen molar-refractivity contribution in [2.75, 3.05) is 11.9 Å². The Bertz CT molecular complexity index is 1100. The number of carbonyl (C=O) groups excluding carboxylic acids is 1. The normalized spacial score (nSPS) is 11.2. The molecule has 0 aliphatic heterocycles. The number of halogens is 3. The number of alkyl halides is 3. The number of carbonyl (C=O) groups is 1. The summed E-state index contributed by atoms with van der Waals surface area (Å²) in [7, 11) is 0. The molecule has 0 aliphatic rings. The van der Waals surface area contributed by atoms with Crippen LogP contribution in [0.1, 0.15) is 5.56 Å². The van der Waals surface area contributed by atoms with Crippen LogP contribution in [0.15, 0.2) is 66.0 Å². The van der Waals surface area contributed by atoms with E-state index in [0.717, 1.165) is 6.07 Å². The van der Waals surface area contributed by atoms with Crippen LogP contribution in [-0.2, 0) is 10.9 Å². The van der Waals surface area contributed by atoms with Gasteiger partial charge in [0.25, 0.3) is 5.56 Å². The molecule has 5 nitrogen and oxygen atoms in total. The molecule has 1 amide bonds. The van der Waals surface area contributed by atoms with Crippen LogP contribution < -0.4 is 10.9 Å². The number of rotatable bonds is 4. The van der Waals surface area contributed by atoms with Crippen LogP contribution in [0, 0.1) is 0 Å². The first kappa shape index (κ1) is 19.2. The summed E-state index contributed by atoms with van der Waals surface area (Å²) in [5, 5.41) is 3.11. The van der Waals surface area contributed by atoms with E-state index in [9.17, 15) is 22.8 Å². The molecule has 0 bridgehead atoms. The maximum atomic E-state index is 13.3. The van der Waals surface area contributed by atoms with E-state index in [1.54, 1.807) is 0 Å². The fourth-order valence-corrected chi connectivity index (χ4v) is 2.74. The predicted octanol–water partition coefficient (Wildman–Crippen LogP) is 4.95. The molecule has 0 atom stereocenters. The second kappa shape index (κ2) is 7.59. The summed E-state index contributed by atoms with van der Waals surface area (Å²) >= 11 is 0. The second-order valence-electron chi connectivity index (χ2n) is 5.87. The smallest absolute Gasteiger partial charge is 0.417 e. The number of fused-ring (bicyclic) bond motifs is 1. The molecule has 2 N–H and O–H groups in total. The molecule has 3 aromatic rings. The third-order valence-electron chi connectivity index (χ3n) is 3.95. The molecule has 0 unspecified atom stereocenters. The highest BCUT2D eigenvalue weighted by Crippen LogP contribution is 2.36. The predicted molar refractivity (Wildman–Crippen MR) is 100 cm³/mol. The van der Waals surface area contributed by atoms with Crippen molar-refractivity contribution in [2.45, 2.75) is 6.18 Å². The Kier molecular flexibility index (Phi) is 5.21. The van der Waals surface area contributed by atoms with Crippen molar-refractivity contribution in [3.05, 3.63) is 77.1 Å². The van der Waals surface area contributed by atoms with Gasteiger partial charge in [-0.15, -0.1) is 0 Å². The minimum Gasteiger partial charge on any atom is -0.445 e. The summed E-state index contributed by atoms with van der Waals surface area (Å²) in [6.45, 7) is 3.46. The number of amides is 1. The molecule has 1 heterocycles. The van der Waals surface area contributed by atoms with E-state index in [0.29, 0.717) is 11.1 Å². The van der Waals surface area contributed by atoms with Crippen LogP contribution in [0.3, 0.4) is 0 Å². The third kappa shape index (κ3) is 4.06. The summed E-state index contributed by atoms with van der Waals surface area (Å²) in [5.41, 5.74) is -1.17. The maximum Gasteiger partial charge on any atom is 0.417 e. The first-order valence-corrected chi connectivity index (χ1v) is 8.18. The van der Waals surface area contributed by atoms with Crippen LogP contribution in [0.2, 0.25) is 0 Å². The molecule has 1 aromatic heterocycles. The summed E-state index contributed by atoms with van der Waals surface area (Å²) in [6.07, 6.45) is -3.86. The number of pyridine rings is 1. The van der Waals surface area contributed by atoms with Crippen molar-refractivity contribution >= 4 is 22.6 Å². The molecule has 2 aromatic carbocycles. The molecule has 0 saturated carbocycles. The standard InChI is InChI=1S/C20H15F3N2O3/c1-2-9-28-19(27)24-13-8-7-12-10-17(25-18(26)15(12)11-13)14-5-3-4-6-16(14)20(21,22)23/h2-8,10-11H,1,9H2,(H,24,27)(H,25,26). The second-order valence-corrected chi connectivity index (χ2v) is 5.87. The number of hydrogen-bond acceptors (Lipinski definition) is 3. The molecule has 0 radical (unpaired) electrons. The number of anilines is 1. The molecule has 0 spiro atoms. The van der Waals surface area contributed by atoms with Crippen molar-refractivity contribution in [3.8, 4) is 11.3 Å². The first-order valence-electron chi connectivity index (χ1n) is 8.18. The van der Waals surface area contributed by atoms with Gasteiger partial charge in [-0.3, -0.25) is 10.1 Å². The molecular weight excluding hydrogens is 373 g/mol. The number of benzene rings is 2. The average Bonchev–Trinajstić information content (AvgIpc) is 2.66. The van der Waals surface area contributed by atoms with E-state index >= 15 is 0 Å².